The van der Waals surface area contributed by atoms with Gasteiger partial charge in [0.15, 0.2) is 0 Å². The molecule has 0 fully saturated rings. The molecule has 1 unspecified atom stereocenters. The third kappa shape index (κ3) is 3.00. The van der Waals surface area contributed by atoms with E-state index in [4.69, 9.17) is 10.5 Å². The highest BCUT2D eigenvalue weighted by molar-refractivity contribution is 9.10. The molecule has 2 N–H and O–H groups in total. The number of hydrogen-bond acceptors (Lipinski definition) is 2. The normalized spacial score (nSPS) is 12.3. The first-order valence-corrected chi connectivity index (χ1v) is 8.00. The van der Waals surface area contributed by atoms with Gasteiger partial charge in [-0.1, -0.05) is 28.1 Å². The maximum absolute atomic E-state index is 14.3. The fourth-order valence-electron chi connectivity index (χ4n) is 2.44. The van der Waals surface area contributed by atoms with Gasteiger partial charge in [-0.15, -0.1) is 0 Å². The van der Waals surface area contributed by atoms with Crippen molar-refractivity contribution in [3.63, 3.8) is 0 Å². The monoisotopic (exact) mass is 415 g/mol. The highest BCUT2D eigenvalue weighted by Crippen LogP contribution is 2.39. The number of benzene rings is 2. The van der Waals surface area contributed by atoms with E-state index in [0.29, 0.717) is 15.8 Å². The van der Waals surface area contributed by atoms with Gasteiger partial charge >= 0.3 is 0 Å². The van der Waals surface area contributed by atoms with E-state index in [1.165, 1.54) is 0 Å². The Labute approximate surface area is 140 Å². The molecule has 0 saturated heterocycles. The quantitative estimate of drug-likeness (QED) is 0.761. The van der Waals surface area contributed by atoms with Crippen molar-refractivity contribution in [1.29, 1.82) is 0 Å². The molecule has 0 amide bonds. The van der Waals surface area contributed by atoms with Crippen LogP contribution in [0.5, 0.6) is 5.75 Å². The zero-order valence-corrected chi connectivity index (χ0v) is 15.2. The van der Waals surface area contributed by atoms with Crippen LogP contribution < -0.4 is 10.5 Å². The second kappa shape index (κ2) is 6.46. The minimum atomic E-state index is -0.603. The molecule has 0 aliphatic carbocycles. The third-order valence-corrected chi connectivity index (χ3v) is 4.98. The number of rotatable bonds is 3. The van der Waals surface area contributed by atoms with Gasteiger partial charge in [0.05, 0.1) is 17.6 Å². The first-order chi connectivity index (χ1) is 9.88. The fraction of sp³-hybridized carbons (Fsp3) is 0.250. The van der Waals surface area contributed by atoms with Crippen LogP contribution in [-0.2, 0) is 0 Å². The maximum atomic E-state index is 14.3. The van der Waals surface area contributed by atoms with Gasteiger partial charge in [0.1, 0.15) is 11.6 Å². The van der Waals surface area contributed by atoms with Crippen LogP contribution >= 0.6 is 31.9 Å². The lowest BCUT2D eigenvalue weighted by Gasteiger charge is -2.22. The lowest BCUT2D eigenvalue weighted by atomic mass is 9.92. The van der Waals surface area contributed by atoms with Crippen molar-refractivity contribution in [3.8, 4) is 5.75 Å². The standard InChI is InChI=1S/C16H16Br2FNO/c1-8-7-12(18)9(2)13(16(8)21-3)15(20)10-5-4-6-11(17)14(10)19/h4-7,15H,20H2,1-3H3. The molecule has 0 bridgehead atoms. The van der Waals surface area contributed by atoms with Crippen molar-refractivity contribution in [2.24, 2.45) is 5.73 Å². The van der Waals surface area contributed by atoms with Crippen molar-refractivity contribution < 1.29 is 9.13 Å². The second-order valence-electron chi connectivity index (χ2n) is 4.87. The Bertz CT molecular complexity index is 688. The first kappa shape index (κ1) is 16.5. The molecule has 2 aromatic rings. The molecular weight excluding hydrogens is 401 g/mol. The molecule has 2 nitrogen and oxygen atoms in total. The Morgan fingerprint density at radius 3 is 2.48 bits per heavy atom. The van der Waals surface area contributed by atoms with E-state index in [-0.39, 0.29) is 5.82 Å². The summed E-state index contributed by atoms with van der Waals surface area (Å²) in [6, 6.07) is 6.49. The van der Waals surface area contributed by atoms with Crippen molar-refractivity contribution in [2.45, 2.75) is 19.9 Å². The van der Waals surface area contributed by atoms with Gasteiger partial charge in [0.2, 0.25) is 0 Å². The van der Waals surface area contributed by atoms with E-state index >= 15 is 0 Å². The molecule has 0 aliphatic heterocycles. The van der Waals surface area contributed by atoms with Gasteiger partial charge in [-0.3, -0.25) is 0 Å². The van der Waals surface area contributed by atoms with E-state index < -0.39 is 6.04 Å². The van der Waals surface area contributed by atoms with E-state index in [0.717, 1.165) is 21.2 Å². The number of halogens is 3. The van der Waals surface area contributed by atoms with Gasteiger partial charge < -0.3 is 10.5 Å². The lowest BCUT2D eigenvalue weighted by Crippen LogP contribution is -2.17. The average Bonchev–Trinajstić information content (AvgIpc) is 2.44. The molecule has 1 atom stereocenters. The van der Waals surface area contributed by atoms with Gasteiger partial charge in [-0.2, -0.15) is 0 Å². The van der Waals surface area contributed by atoms with Crippen molar-refractivity contribution in [2.75, 3.05) is 7.11 Å². The van der Waals surface area contributed by atoms with E-state index in [9.17, 15) is 4.39 Å². The first-order valence-electron chi connectivity index (χ1n) is 6.41. The molecule has 0 aliphatic rings. The smallest absolute Gasteiger partial charge is 0.142 e. The lowest BCUT2D eigenvalue weighted by molar-refractivity contribution is 0.403. The van der Waals surface area contributed by atoms with Crippen molar-refractivity contribution >= 4 is 31.9 Å². The van der Waals surface area contributed by atoms with Crippen LogP contribution in [0.2, 0.25) is 0 Å². The molecule has 0 aromatic heterocycles. The Morgan fingerprint density at radius 1 is 1.19 bits per heavy atom. The van der Waals surface area contributed by atoms with E-state index in [2.05, 4.69) is 31.9 Å². The van der Waals surface area contributed by atoms with Crippen LogP contribution in [0.25, 0.3) is 0 Å². The van der Waals surface area contributed by atoms with Gasteiger partial charge in [-0.25, -0.2) is 4.39 Å². The van der Waals surface area contributed by atoms with Crippen LogP contribution in [0.3, 0.4) is 0 Å². The second-order valence-corrected chi connectivity index (χ2v) is 6.58. The molecule has 0 spiro atoms. The summed E-state index contributed by atoms with van der Waals surface area (Å²) in [7, 11) is 1.60. The van der Waals surface area contributed by atoms with E-state index in [1.807, 2.05) is 19.9 Å². The summed E-state index contributed by atoms with van der Waals surface area (Å²) in [4.78, 5) is 0. The number of nitrogens with two attached hydrogens (primary N) is 1. The maximum Gasteiger partial charge on any atom is 0.142 e. The molecule has 0 saturated carbocycles. The van der Waals surface area contributed by atoms with Gasteiger partial charge in [-0.05, 0) is 53.0 Å². The summed E-state index contributed by atoms with van der Waals surface area (Å²) >= 11 is 6.72. The largest absolute Gasteiger partial charge is 0.496 e. The predicted molar refractivity (Wildman–Crippen MR) is 90.3 cm³/mol. The van der Waals surface area contributed by atoms with Crippen LogP contribution in [0.1, 0.15) is 28.3 Å². The Kier molecular flexibility index (Phi) is 5.07. The highest BCUT2D eigenvalue weighted by Gasteiger charge is 2.23. The molecule has 5 heteroatoms. The average molecular weight is 417 g/mol. The van der Waals surface area contributed by atoms with Crippen LogP contribution in [-0.4, -0.2) is 7.11 Å². The summed E-state index contributed by atoms with van der Waals surface area (Å²) in [6.07, 6.45) is 0. The summed E-state index contributed by atoms with van der Waals surface area (Å²) in [5, 5.41) is 0. The molecule has 112 valence electrons. The minimum absolute atomic E-state index is 0.343. The van der Waals surface area contributed by atoms with Crippen LogP contribution in [0.4, 0.5) is 4.39 Å². The molecule has 2 aromatic carbocycles. The summed E-state index contributed by atoms with van der Waals surface area (Å²) < 4.78 is 21.2. The Morgan fingerprint density at radius 2 is 1.86 bits per heavy atom. The summed E-state index contributed by atoms with van der Waals surface area (Å²) in [5.41, 5.74) is 9.47. The molecule has 21 heavy (non-hydrogen) atoms. The predicted octanol–water partition coefficient (Wildman–Crippen LogP) is 5.02. The van der Waals surface area contributed by atoms with Gasteiger partial charge in [0, 0.05) is 15.6 Å². The minimum Gasteiger partial charge on any atom is -0.496 e. The summed E-state index contributed by atoms with van der Waals surface area (Å²) in [5.74, 6) is 0.353. The van der Waals surface area contributed by atoms with E-state index in [1.54, 1.807) is 25.3 Å². The number of aryl methyl sites for hydroxylation is 1. The third-order valence-electron chi connectivity index (χ3n) is 3.54. The molecule has 0 heterocycles. The number of methoxy groups -OCH3 is 1. The Hall–Kier alpha value is -0.910. The van der Waals surface area contributed by atoms with Crippen LogP contribution in [0, 0.1) is 19.7 Å². The SMILES string of the molecule is COc1c(C)cc(Br)c(C)c1C(N)c1cccc(Br)c1F. The van der Waals surface area contributed by atoms with Crippen LogP contribution in [0.15, 0.2) is 33.2 Å². The van der Waals surface area contributed by atoms with Crippen molar-refractivity contribution in [3.05, 3.63) is 61.3 Å². The van der Waals surface area contributed by atoms with Gasteiger partial charge in [0.25, 0.3) is 0 Å². The fourth-order valence-corrected chi connectivity index (χ4v) is 3.38. The Balaban J connectivity index is 2.68. The molecule has 2 rings (SSSR count). The topological polar surface area (TPSA) is 35.2 Å². The number of ether oxygens (including phenoxy) is 1. The number of hydrogen-bond donors (Lipinski definition) is 1. The molecular formula is C16H16Br2FNO. The molecule has 0 radical (unpaired) electrons. The van der Waals surface area contributed by atoms with Crippen molar-refractivity contribution in [1.82, 2.24) is 0 Å². The zero-order chi connectivity index (χ0) is 15.7. The zero-order valence-electron chi connectivity index (χ0n) is 12.0. The highest BCUT2D eigenvalue weighted by atomic mass is 79.9. The summed E-state index contributed by atoms with van der Waals surface area (Å²) in [6.45, 7) is 3.88.